The number of benzene rings is 2. The second-order valence-electron chi connectivity index (χ2n) is 4.92. The summed E-state index contributed by atoms with van der Waals surface area (Å²) >= 11 is 5.63. The summed E-state index contributed by atoms with van der Waals surface area (Å²) in [5.41, 5.74) is 5.38. The molecule has 2 nitrogen and oxygen atoms in total. The molecule has 1 N–H and O–H groups in total. The molecule has 0 aliphatic rings. The first-order chi connectivity index (χ1) is 11.4. The number of aliphatic hydroxyl groups is 1. The molecule has 0 fully saturated rings. The van der Waals surface area contributed by atoms with Gasteiger partial charge in [-0.1, -0.05) is 60.7 Å². The van der Waals surface area contributed by atoms with Crippen molar-refractivity contribution in [1.82, 2.24) is 4.98 Å². The fraction of sp³-hybridized carbons (Fsp3) is 0.211. The molecule has 0 saturated heterocycles. The van der Waals surface area contributed by atoms with Crippen molar-refractivity contribution in [2.75, 3.05) is 12.4 Å². The van der Waals surface area contributed by atoms with Gasteiger partial charge in [0.15, 0.2) is 0 Å². The number of hydrogen-bond acceptors (Lipinski definition) is 4. The van der Waals surface area contributed by atoms with Crippen LogP contribution in [0.1, 0.15) is 12.8 Å². The van der Waals surface area contributed by atoms with E-state index < -0.39 is 0 Å². The fourth-order valence-corrected chi connectivity index (χ4v) is 3.11. The molecule has 3 aromatic rings. The van der Waals surface area contributed by atoms with Crippen LogP contribution in [0.15, 0.2) is 66.2 Å². The van der Waals surface area contributed by atoms with E-state index in [0.717, 1.165) is 24.3 Å². The topological polar surface area (TPSA) is 33.1 Å². The molecule has 4 heteroatoms. The van der Waals surface area contributed by atoms with Gasteiger partial charge in [-0.15, -0.1) is 11.3 Å². The van der Waals surface area contributed by atoms with Gasteiger partial charge in [0.2, 0.25) is 0 Å². The monoisotopic (exact) mass is 343 g/mol. The third-order valence-electron chi connectivity index (χ3n) is 3.22. The van der Waals surface area contributed by atoms with Crippen LogP contribution in [0, 0.1) is 0 Å². The van der Waals surface area contributed by atoms with Crippen LogP contribution in [-0.4, -0.2) is 22.5 Å². The summed E-state index contributed by atoms with van der Waals surface area (Å²) in [7, 11) is 0. The minimum Gasteiger partial charge on any atom is -0.396 e. The molecule has 0 aliphatic heterocycles. The van der Waals surface area contributed by atoms with Gasteiger partial charge in [-0.05, 0) is 24.2 Å². The Bertz CT molecular complexity index is 610. The number of aliphatic hydroxyl groups excluding tert-OH is 1. The second-order valence-corrected chi connectivity index (χ2v) is 6.22. The summed E-state index contributed by atoms with van der Waals surface area (Å²) in [6, 6.07) is 20.7. The number of thiol groups is 1. The Hall–Kier alpha value is -1.62. The highest BCUT2D eigenvalue weighted by atomic mass is 32.1. The van der Waals surface area contributed by atoms with E-state index in [1.165, 1.54) is 16.0 Å². The Morgan fingerprint density at radius 2 is 1.48 bits per heavy atom. The van der Waals surface area contributed by atoms with E-state index >= 15 is 0 Å². The van der Waals surface area contributed by atoms with E-state index in [1.807, 2.05) is 29.8 Å². The molecule has 0 bridgehead atoms. The molecule has 1 aromatic heterocycles. The van der Waals surface area contributed by atoms with Crippen LogP contribution >= 0.6 is 24.0 Å². The lowest BCUT2D eigenvalue weighted by atomic mass is 10.1. The van der Waals surface area contributed by atoms with Gasteiger partial charge < -0.3 is 5.11 Å². The van der Waals surface area contributed by atoms with Crippen LogP contribution in [0.5, 0.6) is 0 Å². The van der Waals surface area contributed by atoms with Gasteiger partial charge in [0.05, 0.1) is 16.1 Å². The van der Waals surface area contributed by atoms with Crippen LogP contribution in [0.4, 0.5) is 0 Å². The second kappa shape index (κ2) is 10.2. The third-order valence-corrected chi connectivity index (χ3v) is 4.41. The maximum Gasteiger partial charge on any atom is 0.0890 e. The fourth-order valence-electron chi connectivity index (χ4n) is 2.07. The first-order valence-corrected chi connectivity index (χ1v) is 9.14. The molecule has 1 heterocycles. The largest absolute Gasteiger partial charge is 0.396 e. The summed E-state index contributed by atoms with van der Waals surface area (Å²) in [5.74, 6) is 0.889. The van der Waals surface area contributed by atoms with Crippen LogP contribution in [0.25, 0.3) is 21.7 Å². The van der Waals surface area contributed by atoms with Crippen molar-refractivity contribution in [3.05, 3.63) is 66.2 Å². The quantitative estimate of drug-likeness (QED) is 0.495. The van der Waals surface area contributed by atoms with Gasteiger partial charge in [-0.25, -0.2) is 4.98 Å². The van der Waals surface area contributed by atoms with Gasteiger partial charge in [-0.3, -0.25) is 0 Å². The lowest BCUT2D eigenvalue weighted by Gasteiger charge is -2.02. The number of rotatable bonds is 5. The highest BCUT2D eigenvalue weighted by Gasteiger charge is 2.09. The van der Waals surface area contributed by atoms with Crippen molar-refractivity contribution >= 4 is 24.0 Å². The Balaban J connectivity index is 0.000000277. The van der Waals surface area contributed by atoms with Crippen LogP contribution in [-0.2, 0) is 0 Å². The number of unbranched alkanes of at least 4 members (excludes halogenated alkanes) is 1. The molecule has 0 amide bonds. The van der Waals surface area contributed by atoms with Crippen molar-refractivity contribution in [2.24, 2.45) is 0 Å². The molecular weight excluding hydrogens is 322 g/mol. The van der Waals surface area contributed by atoms with Gasteiger partial charge in [0.1, 0.15) is 0 Å². The summed E-state index contributed by atoms with van der Waals surface area (Å²) < 4.78 is 0. The maximum atomic E-state index is 8.16. The number of aromatic nitrogens is 1. The Morgan fingerprint density at radius 3 is 2.00 bits per heavy atom. The van der Waals surface area contributed by atoms with E-state index in [4.69, 9.17) is 5.11 Å². The third kappa shape index (κ3) is 5.50. The van der Waals surface area contributed by atoms with Crippen LogP contribution in [0.3, 0.4) is 0 Å². The first kappa shape index (κ1) is 17.7. The van der Waals surface area contributed by atoms with Gasteiger partial charge in [0.25, 0.3) is 0 Å². The van der Waals surface area contributed by atoms with E-state index in [0.29, 0.717) is 6.61 Å². The average Bonchev–Trinajstić information content (AvgIpc) is 3.12. The molecule has 23 heavy (non-hydrogen) atoms. The van der Waals surface area contributed by atoms with E-state index in [-0.39, 0.29) is 0 Å². The summed E-state index contributed by atoms with van der Waals surface area (Å²) in [5, 5.41) is 8.16. The Kier molecular flexibility index (Phi) is 7.87. The van der Waals surface area contributed by atoms with Crippen molar-refractivity contribution in [3.8, 4) is 21.7 Å². The zero-order chi connectivity index (χ0) is 16.3. The predicted molar refractivity (Wildman–Crippen MR) is 103 cm³/mol. The van der Waals surface area contributed by atoms with Gasteiger partial charge in [0, 0.05) is 12.2 Å². The summed E-state index contributed by atoms with van der Waals surface area (Å²) in [6.45, 7) is 0.306. The van der Waals surface area contributed by atoms with Crippen molar-refractivity contribution < 1.29 is 5.11 Å². The minimum absolute atomic E-state index is 0.306. The molecule has 0 spiro atoms. The number of nitrogens with zero attached hydrogens (tertiary/aromatic N) is 1. The number of thiazole rings is 1. The zero-order valence-corrected chi connectivity index (χ0v) is 14.6. The lowest BCUT2D eigenvalue weighted by molar-refractivity contribution is 0.287. The molecular formula is C19H21NOS2. The van der Waals surface area contributed by atoms with Crippen LogP contribution < -0.4 is 0 Å². The molecule has 120 valence electrons. The Labute approximate surface area is 147 Å². The molecule has 0 saturated carbocycles. The molecule has 3 rings (SSSR count). The van der Waals surface area contributed by atoms with Crippen LogP contribution in [0.2, 0.25) is 0 Å². The normalized spacial score (nSPS) is 10.0. The molecule has 0 unspecified atom stereocenters. The highest BCUT2D eigenvalue weighted by molar-refractivity contribution is 7.80. The predicted octanol–water partition coefficient (Wildman–Crippen LogP) is 5.17. The Morgan fingerprint density at radius 1 is 0.870 bits per heavy atom. The van der Waals surface area contributed by atoms with E-state index in [1.54, 1.807) is 11.3 Å². The summed E-state index contributed by atoms with van der Waals surface area (Å²) in [4.78, 5) is 5.71. The molecule has 2 aromatic carbocycles. The standard InChI is InChI=1S/C15H11NS.C4H10OS/c1-3-7-12(8-4-1)14-15(17-11-16-14)13-9-5-2-6-10-13;5-3-1-2-4-6/h1-11H;5-6H,1-4H2. The summed E-state index contributed by atoms with van der Waals surface area (Å²) in [6.07, 6.45) is 1.92. The average molecular weight is 344 g/mol. The van der Waals surface area contributed by atoms with Gasteiger partial charge in [-0.2, -0.15) is 12.6 Å². The smallest absolute Gasteiger partial charge is 0.0890 e. The SMILES string of the molecule is OCCCCS.c1ccc(-c2ncsc2-c2ccccc2)cc1. The van der Waals surface area contributed by atoms with Gasteiger partial charge >= 0.3 is 0 Å². The molecule has 0 aliphatic carbocycles. The first-order valence-electron chi connectivity index (χ1n) is 7.63. The highest BCUT2D eigenvalue weighted by Crippen LogP contribution is 2.34. The number of hydrogen-bond donors (Lipinski definition) is 2. The van der Waals surface area contributed by atoms with Crippen molar-refractivity contribution in [2.45, 2.75) is 12.8 Å². The van der Waals surface area contributed by atoms with E-state index in [9.17, 15) is 0 Å². The maximum absolute atomic E-state index is 8.16. The lowest BCUT2D eigenvalue weighted by Crippen LogP contribution is -1.81. The van der Waals surface area contributed by atoms with E-state index in [2.05, 4.69) is 54.0 Å². The van der Waals surface area contributed by atoms with Crippen molar-refractivity contribution in [3.63, 3.8) is 0 Å². The molecule has 0 radical (unpaired) electrons. The minimum atomic E-state index is 0.306. The zero-order valence-electron chi connectivity index (χ0n) is 12.9. The molecule has 0 atom stereocenters. The van der Waals surface area contributed by atoms with Crippen molar-refractivity contribution in [1.29, 1.82) is 0 Å².